The Hall–Kier alpha value is -1.39. The molecular weight excluding hydrogens is 344 g/mol. The van der Waals surface area contributed by atoms with Crippen LogP contribution in [0.25, 0.3) is 0 Å². The largest absolute Gasteiger partial charge is 0.469 e. The molecule has 3 unspecified atom stereocenters. The van der Waals surface area contributed by atoms with E-state index in [0.717, 1.165) is 19.3 Å². The van der Waals surface area contributed by atoms with Crippen molar-refractivity contribution in [3.8, 4) is 0 Å². The predicted molar refractivity (Wildman–Crippen MR) is 106 cm³/mol. The third kappa shape index (κ3) is 8.89. The summed E-state index contributed by atoms with van der Waals surface area (Å²) < 4.78 is 4.58. The van der Waals surface area contributed by atoms with Crippen molar-refractivity contribution in [2.75, 3.05) is 7.11 Å². The van der Waals surface area contributed by atoms with Crippen LogP contribution in [0.15, 0.2) is 30.0 Å². The first-order valence-corrected chi connectivity index (χ1v) is 10.0. The monoisotopic (exact) mass is 380 g/mol. The molecule has 5 atom stereocenters. The fourth-order valence-corrected chi connectivity index (χ4v) is 3.50. The van der Waals surface area contributed by atoms with Crippen molar-refractivity contribution in [1.29, 1.82) is 0 Å². The number of hydrogen-bond donors (Lipinski definition) is 3. The van der Waals surface area contributed by atoms with Gasteiger partial charge in [0, 0.05) is 18.8 Å². The van der Waals surface area contributed by atoms with Gasteiger partial charge in [0.05, 0.1) is 24.9 Å². The van der Waals surface area contributed by atoms with E-state index < -0.39 is 17.8 Å². The van der Waals surface area contributed by atoms with Crippen LogP contribution in [0.1, 0.15) is 65.2 Å². The van der Waals surface area contributed by atoms with E-state index in [-0.39, 0.29) is 17.8 Å². The molecule has 1 aliphatic carbocycles. The maximum absolute atomic E-state index is 11.0. The maximum atomic E-state index is 11.0. The number of allylic oxidation sites excluding steroid dienone is 1. The Labute approximate surface area is 163 Å². The Morgan fingerprint density at radius 3 is 2.67 bits per heavy atom. The lowest BCUT2D eigenvalue weighted by molar-refractivity contribution is -0.140. The molecule has 0 amide bonds. The van der Waals surface area contributed by atoms with Crippen LogP contribution in [0.2, 0.25) is 0 Å². The summed E-state index contributed by atoms with van der Waals surface area (Å²) in [6.07, 6.45) is 11.7. The van der Waals surface area contributed by atoms with Crippen molar-refractivity contribution in [3.63, 3.8) is 0 Å². The molecule has 0 bridgehead atoms. The Balaban J connectivity index is 2.62. The number of carbonyl (C=O) groups is 1. The minimum absolute atomic E-state index is 0.107. The summed E-state index contributed by atoms with van der Waals surface area (Å²) >= 11 is 0. The van der Waals surface area contributed by atoms with Crippen LogP contribution >= 0.6 is 0 Å². The van der Waals surface area contributed by atoms with Crippen LogP contribution in [-0.2, 0) is 9.53 Å². The van der Waals surface area contributed by atoms with Crippen LogP contribution < -0.4 is 0 Å². The second-order valence-corrected chi connectivity index (χ2v) is 7.71. The van der Waals surface area contributed by atoms with E-state index in [2.05, 4.69) is 17.4 Å². The van der Waals surface area contributed by atoms with Crippen LogP contribution in [0.3, 0.4) is 0 Å². The molecule has 0 saturated heterocycles. The quantitative estimate of drug-likeness (QED) is 0.222. The molecule has 3 N–H and O–H groups in total. The summed E-state index contributed by atoms with van der Waals surface area (Å²) in [4.78, 5) is 11.0. The molecule has 0 aromatic carbocycles. The molecular formula is C22H36O5. The Morgan fingerprint density at radius 1 is 1.26 bits per heavy atom. The number of aliphatic hydroxyl groups is 3. The maximum Gasteiger partial charge on any atom is 0.305 e. The SMILES string of the molecule is CCCCCC(C)(O)/C=C/[C@H]1C(O)CC(O)[C@@H]1CC=C=CCCC(=O)OC. The van der Waals surface area contributed by atoms with E-state index in [4.69, 9.17) is 0 Å². The molecule has 0 heterocycles. The van der Waals surface area contributed by atoms with Gasteiger partial charge in [-0.2, -0.15) is 0 Å². The second kappa shape index (κ2) is 12.1. The smallest absolute Gasteiger partial charge is 0.305 e. The first-order valence-electron chi connectivity index (χ1n) is 10.0. The summed E-state index contributed by atoms with van der Waals surface area (Å²) in [7, 11) is 1.36. The van der Waals surface area contributed by atoms with Gasteiger partial charge in [0.2, 0.25) is 0 Å². The third-order valence-corrected chi connectivity index (χ3v) is 5.23. The van der Waals surface area contributed by atoms with Gasteiger partial charge >= 0.3 is 5.97 Å². The summed E-state index contributed by atoms with van der Waals surface area (Å²) in [5.74, 6) is -0.548. The predicted octanol–water partition coefficient (Wildman–Crippen LogP) is 3.29. The second-order valence-electron chi connectivity index (χ2n) is 7.71. The zero-order valence-corrected chi connectivity index (χ0v) is 16.9. The fourth-order valence-electron chi connectivity index (χ4n) is 3.50. The van der Waals surface area contributed by atoms with Gasteiger partial charge in [-0.1, -0.05) is 38.3 Å². The van der Waals surface area contributed by atoms with Crippen LogP contribution in [0, 0.1) is 11.8 Å². The van der Waals surface area contributed by atoms with E-state index in [9.17, 15) is 20.1 Å². The fraction of sp³-hybridized carbons (Fsp3) is 0.727. The molecule has 0 aliphatic heterocycles. The van der Waals surface area contributed by atoms with Crippen molar-refractivity contribution in [2.45, 2.75) is 83.0 Å². The number of rotatable bonds is 11. The molecule has 1 saturated carbocycles. The Morgan fingerprint density at radius 2 is 2.00 bits per heavy atom. The highest BCUT2D eigenvalue weighted by atomic mass is 16.5. The van der Waals surface area contributed by atoms with Gasteiger partial charge in [0.25, 0.3) is 0 Å². The molecule has 1 rings (SSSR count). The summed E-state index contributed by atoms with van der Waals surface area (Å²) in [6.45, 7) is 3.92. The molecule has 5 nitrogen and oxygen atoms in total. The van der Waals surface area contributed by atoms with Crippen LogP contribution in [0.5, 0.6) is 0 Å². The van der Waals surface area contributed by atoms with Gasteiger partial charge in [-0.05, 0) is 44.3 Å². The normalized spacial score (nSPS) is 27.2. The van der Waals surface area contributed by atoms with Gasteiger partial charge < -0.3 is 20.1 Å². The Bertz CT molecular complexity index is 531. The number of ether oxygens (including phenoxy) is 1. The molecule has 27 heavy (non-hydrogen) atoms. The first-order chi connectivity index (χ1) is 12.8. The number of carbonyl (C=O) groups excluding carboxylic acids is 1. The summed E-state index contributed by atoms with van der Waals surface area (Å²) in [5, 5.41) is 31.0. The minimum Gasteiger partial charge on any atom is -0.469 e. The zero-order valence-electron chi connectivity index (χ0n) is 16.9. The molecule has 0 aromatic rings. The van der Waals surface area contributed by atoms with Crippen molar-refractivity contribution in [3.05, 3.63) is 30.0 Å². The van der Waals surface area contributed by atoms with Gasteiger partial charge in [-0.3, -0.25) is 4.79 Å². The van der Waals surface area contributed by atoms with Crippen LogP contribution in [-0.4, -0.2) is 46.2 Å². The molecule has 0 aromatic heterocycles. The Kier molecular flexibility index (Phi) is 10.6. The van der Waals surface area contributed by atoms with Crippen molar-refractivity contribution in [2.24, 2.45) is 11.8 Å². The van der Waals surface area contributed by atoms with Crippen molar-refractivity contribution < 1.29 is 24.9 Å². The van der Waals surface area contributed by atoms with Crippen molar-refractivity contribution >= 4 is 5.97 Å². The molecule has 0 spiro atoms. The lowest BCUT2D eigenvalue weighted by Gasteiger charge is -2.23. The van der Waals surface area contributed by atoms with E-state index in [1.54, 1.807) is 19.1 Å². The van der Waals surface area contributed by atoms with E-state index in [1.165, 1.54) is 7.11 Å². The summed E-state index contributed by atoms with van der Waals surface area (Å²) in [6, 6.07) is 0. The highest BCUT2D eigenvalue weighted by Gasteiger charge is 2.39. The number of esters is 1. The van der Waals surface area contributed by atoms with E-state index in [1.807, 2.05) is 12.2 Å². The molecule has 154 valence electrons. The van der Waals surface area contributed by atoms with Gasteiger partial charge in [-0.15, -0.1) is 5.73 Å². The standard InChI is InChI=1S/C22H36O5/c1-4-5-10-14-22(2,26)15-13-18-17(19(23)16-20(18)24)11-8-6-7-9-12-21(25)27-3/h7-8,13,15,17-20,23-24,26H,4-5,9-12,14,16H2,1-3H3/b15-13+/t6?,17-,18-,19?,20?,22?/m1/s1. The van der Waals surface area contributed by atoms with Gasteiger partial charge in [-0.25, -0.2) is 0 Å². The van der Waals surface area contributed by atoms with Crippen molar-refractivity contribution in [1.82, 2.24) is 0 Å². The van der Waals surface area contributed by atoms with E-state index >= 15 is 0 Å². The first kappa shape index (κ1) is 23.6. The third-order valence-electron chi connectivity index (χ3n) is 5.23. The van der Waals surface area contributed by atoms with Crippen LogP contribution in [0.4, 0.5) is 0 Å². The number of unbranched alkanes of at least 4 members (excludes halogenated alkanes) is 2. The molecule has 1 aliphatic rings. The van der Waals surface area contributed by atoms with Gasteiger partial charge in [0.15, 0.2) is 0 Å². The van der Waals surface area contributed by atoms with E-state index in [0.29, 0.717) is 32.1 Å². The molecule has 0 radical (unpaired) electrons. The number of hydrogen-bond acceptors (Lipinski definition) is 5. The number of aliphatic hydroxyl groups excluding tert-OH is 2. The zero-order chi connectivity index (χ0) is 20.3. The molecule has 1 fully saturated rings. The lowest BCUT2D eigenvalue weighted by atomic mass is 9.88. The lowest BCUT2D eigenvalue weighted by Crippen LogP contribution is -2.24. The topological polar surface area (TPSA) is 87.0 Å². The van der Waals surface area contributed by atoms with Gasteiger partial charge in [0.1, 0.15) is 0 Å². The summed E-state index contributed by atoms with van der Waals surface area (Å²) in [5.41, 5.74) is 2.14. The molecule has 5 heteroatoms. The average molecular weight is 381 g/mol. The highest BCUT2D eigenvalue weighted by Crippen LogP contribution is 2.36. The highest BCUT2D eigenvalue weighted by molar-refractivity contribution is 5.69. The number of methoxy groups -OCH3 is 1. The average Bonchev–Trinajstić information content (AvgIpc) is 2.89. The minimum atomic E-state index is -0.892.